The van der Waals surface area contributed by atoms with E-state index in [-0.39, 0.29) is 6.10 Å². The average Bonchev–Trinajstić information content (AvgIpc) is 2.38. The smallest absolute Gasteiger partial charge is 0.163 e. The number of hydrogen-bond acceptors (Lipinski definition) is 3. The molecule has 0 aliphatic rings. The Kier molecular flexibility index (Phi) is 4.53. The number of nitrogens with zero attached hydrogens (tertiary/aromatic N) is 2. The number of halogens is 2. The van der Waals surface area contributed by atoms with Gasteiger partial charge >= 0.3 is 0 Å². The van der Waals surface area contributed by atoms with Gasteiger partial charge in [0.25, 0.3) is 0 Å². The van der Waals surface area contributed by atoms with Gasteiger partial charge in [-0.05, 0) is 35.1 Å². The van der Waals surface area contributed by atoms with Gasteiger partial charge in [-0.15, -0.1) is 0 Å². The van der Waals surface area contributed by atoms with Crippen molar-refractivity contribution in [2.75, 3.05) is 7.11 Å². The highest BCUT2D eigenvalue weighted by molar-refractivity contribution is 14.1. The number of aryl methyl sites for hydroxylation is 1. The third kappa shape index (κ3) is 2.81. The number of hydrogen-bond donors (Lipinski definition) is 0. The Labute approximate surface area is 125 Å². The van der Waals surface area contributed by atoms with Crippen molar-refractivity contribution in [2.24, 2.45) is 0 Å². The van der Waals surface area contributed by atoms with Crippen LogP contribution in [0.4, 0.5) is 0 Å². The highest BCUT2D eigenvalue weighted by Gasteiger charge is 2.18. The SMILES string of the molecule is COC(c1ccccc1)c1nc(C)c(I)c(Cl)n1. The summed E-state index contributed by atoms with van der Waals surface area (Å²) >= 11 is 8.23. The summed E-state index contributed by atoms with van der Waals surface area (Å²) in [4.78, 5) is 8.76. The van der Waals surface area contributed by atoms with Gasteiger partial charge in [-0.2, -0.15) is 0 Å². The van der Waals surface area contributed by atoms with Crippen molar-refractivity contribution >= 4 is 34.2 Å². The van der Waals surface area contributed by atoms with Crippen molar-refractivity contribution in [1.82, 2.24) is 9.97 Å². The quantitative estimate of drug-likeness (QED) is 0.606. The maximum atomic E-state index is 6.09. The number of benzene rings is 1. The highest BCUT2D eigenvalue weighted by Crippen LogP contribution is 2.26. The molecule has 0 amide bonds. The van der Waals surface area contributed by atoms with Gasteiger partial charge in [0.2, 0.25) is 0 Å². The van der Waals surface area contributed by atoms with Crippen LogP contribution in [0.5, 0.6) is 0 Å². The summed E-state index contributed by atoms with van der Waals surface area (Å²) in [5.74, 6) is 0.589. The Bertz CT molecular complexity index is 525. The van der Waals surface area contributed by atoms with E-state index >= 15 is 0 Å². The molecule has 18 heavy (non-hydrogen) atoms. The Morgan fingerprint density at radius 1 is 1.22 bits per heavy atom. The molecular formula is C13H12ClIN2O. The Balaban J connectivity index is 2.46. The second-order valence-corrected chi connectivity index (χ2v) is 5.24. The summed E-state index contributed by atoms with van der Waals surface area (Å²) in [5.41, 5.74) is 1.88. The molecular weight excluding hydrogens is 363 g/mol. The van der Waals surface area contributed by atoms with E-state index in [9.17, 15) is 0 Å². The van der Waals surface area contributed by atoms with Crippen LogP contribution in [0.25, 0.3) is 0 Å². The van der Waals surface area contributed by atoms with Gasteiger partial charge in [-0.3, -0.25) is 0 Å². The monoisotopic (exact) mass is 374 g/mol. The maximum absolute atomic E-state index is 6.09. The summed E-state index contributed by atoms with van der Waals surface area (Å²) in [6.45, 7) is 1.91. The predicted molar refractivity (Wildman–Crippen MR) is 79.8 cm³/mol. The molecule has 0 saturated heterocycles. The molecule has 5 heteroatoms. The number of methoxy groups -OCH3 is 1. The maximum Gasteiger partial charge on any atom is 0.163 e. The third-order valence-corrected chi connectivity index (χ3v) is 4.45. The first kappa shape index (κ1) is 13.7. The van der Waals surface area contributed by atoms with E-state index in [4.69, 9.17) is 16.3 Å². The van der Waals surface area contributed by atoms with Gasteiger partial charge in [0, 0.05) is 7.11 Å². The van der Waals surface area contributed by atoms with Crippen LogP contribution in [0.15, 0.2) is 30.3 Å². The number of rotatable bonds is 3. The fourth-order valence-corrected chi connectivity index (χ4v) is 2.15. The van der Waals surface area contributed by atoms with E-state index in [1.165, 1.54) is 0 Å². The topological polar surface area (TPSA) is 35.0 Å². The van der Waals surface area contributed by atoms with Crippen molar-refractivity contribution < 1.29 is 4.74 Å². The molecule has 1 aromatic carbocycles. The summed E-state index contributed by atoms with van der Waals surface area (Å²) in [6.07, 6.45) is -0.292. The molecule has 0 aliphatic carbocycles. The van der Waals surface area contributed by atoms with Crippen LogP contribution in [0.2, 0.25) is 5.15 Å². The molecule has 1 heterocycles. The normalized spacial score (nSPS) is 12.4. The summed E-state index contributed by atoms with van der Waals surface area (Å²) in [5, 5.41) is 0.469. The van der Waals surface area contributed by atoms with Gasteiger partial charge in [0.1, 0.15) is 11.3 Å². The lowest BCUT2D eigenvalue weighted by atomic mass is 10.1. The zero-order chi connectivity index (χ0) is 13.1. The number of aromatic nitrogens is 2. The molecule has 1 aromatic heterocycles. The zero-order valence-electron chi connectivity index (χ0n) is 10.0. The summed E-state index contributed by atoms with van der Waals surface area (Å²) < 4.78 is 6.36. The van der Waals surface area contributed by atoms with Crippen molar-refractivity contribution in [3.05, 3.63) is 56.1 Å². The molecule has 94 valence electrons. The highest BCUT2D eigenvalue weighted by atomic mass is 127. The van der Waals surface area contributed by atoms with E-state index in [1.54, 1.807) is 7.11 Å². The van der Waals surface area contributed by atoms with Crippen LogP contribution >= 0.6 is 34.2 Å². The minimum Gasteiger partial charge on any atom is -0.369 e. The van der Waals surface area contributed by atoms with Crippen molar-refractivity contribution in [2.45, 2.75) is 13.0 Å². The van der Waals surface area contributed by atoms with Crippen LogP contribution in [-0.2, 0) is 4.74 Å². The molecule has 0 aliphatic heterocycles. The molecule has 0 N–H and O–H groups in total. The Morgan fingerprint density at radius 2 is 1.89 bits per heavy atom. The Hall–Kier alpha value is -0.720. The van der Waals surface area contributed by atoms with Crippen molar-refractivity contribution in [1.29, 1.82) is 0 Å². The van der Waals surface area contributed by atoms with E-state index in [1.807, 2.05) is 37.3 Å². The van der Waals surface area contributed by atoms with E-state index in [0.29, 0.717) is 11.0 Å². The lowest BCUT2D eigenvalue weighted by Crippen LogP contribution is -2.10. The lowest BCUT2D eigenvalue weighted by Gasteiger charge is -2.15. The molecule has 0 fully saturated rings. The number of ether oxygens (including phenoxy) is 1. The molecule has 0 bridgehead atoms. The lowest BCUT2D eigenvalue weighted by molar-refractivity contribution is 0.129. The average molecular weight is 375 g/mol. The van der Waals surface area contributed by atoms with Gasteiger partial charge in [-0.25, -0.2) is 9.97 Å². The Morgan fingerprint density at radius 3 is 2.44 bits per heavy atom. The molecule has 1 unspecified atom stereocenters. The van der Waals surface area contributed by atoms with E-state index < -0.39 is 0 Å². The van der Waals surface area contributed by atoms with Gasteiger partial charge in [0.05, 0.1) is 9.26 Å². The van der Waals surface area contributed by atoms with Crippen LogP contribution in [0, 0.1) is 10.5 Å². The van der Waals surface area contributed by atoms with Crippen LogP contribution in [0.3, 0.4) is 0 Å². The van der Waals surface area contributed by atoms with Crippen molar-refractivity contribution in [3.63, 3.8) is 0 Å². The second-order valence-electron chi connectivity index (χ2n) is 3.80. The molecule has 0 saturated carbocycles. The minimum absolute atomic E-state index is 0.292. The first-order valence-electron chi connectivity index (χ1n) is 5.40. The predicted octanol–water partition coefficient (Wildman–Crippen LogP) is 3.78. The largest absolute Gasteiger partial charge is 0.369 e. The minimum atomic E-state index is -0.292. The molecule has 2 aromatic rings. The summed E-state index contributed by atoms with van der Waals surface area (Å²) in [7, 11) is 1.64. The second kappa shape index (κ2) is 5.95. The van der Waals surface area contributed by atoms with Gasteiger partial charge in [-0.1, -0.05) is 41.9 Å². The van der Waals surface area contributed by atoms with E-state index in [2.05, 4.69) is 32.6 Å². The van der Waals surface area contributed by atoms with Crippen molar-refractivity contribution in [3.8, 4) is 0 Å². The molecule has 0 spiro atoms. The molecule has 2 rings (SSSR count). The third-order valence-electron chi connectivity index (χ3n) is 2.57. The first-order valence-corrected chi connectivity index (χ1v) is 6.86. The fraction of sp³-hybridized carbons (Fsp3) is 0.231. The van der Waals surface area contributed by atoms with Gasteiger partial charge < -0.3 is 4.74 Å². The van der Waals surface area contributed by atoms with Crippen LogP contribution < -0.4 is 0 Å². The molecule has 3 nitrogen and oxygen atoms in total. The zero-order valence-corrected chi connectivity index (χ0v) is 12.9. The fourth-order valence-electron chi connectivity index (χ4n) is 1.68. The van der Waals surface area contributed by atoms with E-state index in [0.717, 1.165) is 14.8 Å². The molecule has 1 atom stereocenters. The molecule has 0 radical (unpaired) electrons. The van der Waals surface area contributed by atoms with Crippen LogP contribution in [0.1, 0.15) is 23.2 Å². The summed E-state index contributed by atoms with van der Waals surface area (Å²) in [6, 6.07) is 9.85. The first-order chi connectivity index (χ1) is 8.63. The van der Waals surface area contributed by atoms with Gasteiger partial charge in [0.15, 0.2) is 5.82 Å². The standard InChI is InChI=1S/C13H12ClIN2O/c1-8-10(15)12(14)17-13(16-8)11(18-2)9-6-4-3-5-7-9/h3-7,11H,1-2H3. The van der Waals surface area contributed by atoms with Crippen LogP contribution in [-0.4, -0.2) is 17.1 Å².